The highest BCUT2D eigenvalue weighted by molar-refractivity contribution is 5.93. The van der Waals surface area contributed by atoms with Gasteiger partial charge in [-0.25, -0.2) is 15.0 Å². The van der Waals surface area contributed by atoms with Crippen molar-refractivity contribution in [2.75, 3.05) is 31.2 Å². The number of aliphatic hydroxyl groups excluding tert-OH is 2. The smallest absolute Gasteiger partial charge is 0.131 e. The molecule has 8 nitrogen and oxygen atoms in total. The van der Waals surface area contributed by atoms with Gasteiger partial charge in [-0.2, -0.15) is 0 Å². The van der Waals surface area contributed by atoms with Gasteiger partial charge in [0.25, 0.3) is 0 Å². The number of rotatable bonds is 9. The number of aliphatic hydroxyl groups is 2. The number of piperidine rings is 1. The first-order valence-electron chi connectivity index (χ1n) is 12.9. The van der Waals surface area contributed by atoms with Crippen LogP contribution in [0.3, 0.4) is 0 Å². The Morgan fingerprint density at radius 3 is 2.60 bits per heavy atom. The van der Waals surface area contributed by atoms with Crippen molar-refractivity contribution in [3.8, 4) is 11.3 Å². The molecule has 3 aromatic heterocycles. The van der Waals surface area contributed by atoms with E-state index in [1.54, 1.807) is 6.33 Å². The summed E-state index contributed by atoms with van der Waals surface area (Å²) in [6.07, 6.45) is 9.84. The van der Waals surface area contributed by atoms with Crippen molar-refractivity contribution in [1.82, 2.24) is 24.5 Å². The van der Waals surface area contributed by atoms with Crippen LogP contribution in [-0.4, -0.2) is 61.0 Å². The highest BCUT2D eigenvalue weighted by atomic mass is 16.3. The molecule has 4 heterocycles. The van der Waals surface area contributed by atoms with Crippen molar-refractivity contribution in [1.29, 1.82) is 0 Å². The number of aromatic nitrogens is 5. The Kier molecular flexibility index (Phi) is 6.75. The Morgan fingerprint density at radius 2 is 1.89 bits per heavy atom. The maximum absolute atomic E-state index is 9.77. The number of aromatic amines is 1. The van der Waals surface area contributed by atoms with Crippen LogP contribution in [0.25, 0.3) is 33.3 Å². The standard InChI is InChI=1S/C27H36N6O2/c1-3-5-6-20(4-2)33-18-30-21-13-19(7-8-23(21)33)25-26-22(28-17-29-26)14-24(31-25)32-11-9-27(15-34,16-35)10-12-32/h7-8,13-14,17-18,20,34-35H,3-6,9-12,15-16H2,1-2H3,(H,28,29). The van der Waals surface area contributed by atoms with Crippen molar-refractivity contribution in [3.05, 3.63) is 36.9 Å². The lowest BCUT2D eigenvalue weighted by Crippen LogP contribution is -2.44. The van der Waals surface area contributed by atoms with Crippen molar-refractivity contribution in [2.24, 2.45) is 5.41 Å². The van der Waals surface area contributed by atoms with E-state index in [-0.39, 0.29) is 13.2 Å². The molecule has 0 saturated carbocycles. The van der Waals surface area contributed by atoms with Crippen LogP contribution >= 0.6 is 0 Å². The fourth-order valence-electron chi connectivity index (χ4n) is 5.32. The third-order valence-electron chi connectivity index (χ3n) is 7.82. The molecule has 0 aliphatic carbocycles. The third-order valence-corrected chi connectivity index (χ3v) is 7.82. The number of hydrogen-bond acceptors (Lipinski definition) is 6. The topological polar surface area (TPSA) is 103 Å². The maximum atomic E-state index is 9.77. The molecule has 0 bridgehead atoms. The molecule has 1 aliphatic heterocycles. The number of hydrogen-bond donors (Lipinski definition) is 3. The van der Waals surface area contributed by atoms with E-state index >= 15 is 0 Å². The maximum Gasteiger partial charge on any atom is 0.131 e. The van der Waals surface area contributed by atoms with E-state index in [4.69, 9.17) is 9.97 Å². The predicted molar refractivity (Wildman–Crippen MR) is 140 cm³/mol. The number of fused-ring (bicyclic) bond motifs is 2. The number of nitrogens with zero attached hydrogens (tertiary/aromatic N) is 5. The summed E-state index contributed by atoms with van der Waals surface area (Å²) < 4.78 is 2.32. The summed E-state index contributed by atoms with van der Waals surface area (Å²) in [5, 5.41) is 19.5. The van der Waals surface area contributed by atoms with E-state index < -0.39 is 5.41 Å². The summed E-state index contributed by atoms with van der Waals surface area (Å²) in [5.74, 6) is 0.887. The number of unbranched alkanes of at least 4 members (excludes halogenated alkanes) is 1. The molecule has 4 aromatic rings. The summed E-state index contributed by atoms with van der Waals surface area (Å²) in [4.78, 5) is 19.9. The highest BCUT2D eigenvalue weighted by Gasteiger charge is 2.34. The lowest BCUT2D eigenvalue weighted by molar-refractivity contribution is 0.0340. The van der Waals surface area contributed by atoms with Crippen LogP contribution in [0.4, 0.5) is 5.82 Å². The number of imidazole rings is 2. The summed E-state index contributed by atoms with van der Waals surface area (Å²) >= 11 is 0. The normalized spacial score (nSPS) is 16.9. The minimum absolute atomic E-state index is 0.0135. The Hall–Kier alpha value is -2.97. The van der Waals surface area contributed by atoms with E-state index in [1.807, 2.05) is 12.4 Å². The minimum Gasteiger partial charge on any atom is -0.396 e. The highest BCUT2D eigenvalue weighted by Crippen LogP contribution is 2.35. The van der Waals surface area contributed by atoms with Gasteiger partial charge < -0.3 is 24.7 Å². The fraction of sp³-hybridized carbons (Fsp3) is 0.519. The second-order valence-electron chi connectivity index (χ2n) is 9.99. The second kappa shape index (κ2) is 9.95. The number of pyridine rings is 1. The van der Waals surface area contributed by atoms with Gasteiger partial charge in [0, 0.05) is 36.2 Å². The number of H-pyrrole nitrogens is 1. The minimum atomic E-state index is -0.394. The van der Waals surface area contributed by atoms with E-state index in [0.29, 0.717) is 6.04 Å². The first-order valence-corrected chi connectivity index (χ1v) is 12.9. The van der Waals surface area contributed by atoms with Gasteiger partial charge in [0.15, 0.2) is 0 Å². The van der Waals surface area contributed by atoms with Crippen LogP contribution < -0.4 is 4.90 Å². The van der Waals surface area contributed by atoms with Crippen molar-refractivity contribution in [2.45, 2.75) is 58.4 Å². The van der Waals surface area contributed by atoms with Gasteiger partial charge in [0.1, 0.15) is 17.0 Å². The molecule has 3 N–H and O–H groups in total. The van der Waals surface area contributed by atoms with Crippen LogP contribution in [0.1, 0.15) is 58.4 Å². The van der Waals surface area contributed by atoms with E-state index in [9.17, 15) is 10.2 Å². The molecule has 1 fully saturated rings. The SMILES string of the molecule is CCCCC(CC)n1cnc2cc(-c3nc(N4CCC(CO)(CO)CC4)cc4[nH]cnc34)ccc21. The monoisotopic (exact) mass is 476 g/mol. The third kappa shape index (κ3) is 4.41. The first kappa shape index (κ1) is 23.8. The molecule has 0 radical (unpaired) electrons. The Bertz CT molecular complexity index is 1280. The molecule has 35 heavy (non-hydrogen) atoms. The lowest BCUT2D eigenvalue weighted by atomic mass is 9.80. The summed E-state index contributed by atoms with van der Waals surface area (Å²) in [5.41, 5.74) is 5.37. The molecule has 1 aliphatic rings. The fourth-order valence-corrected chi connectivity index (χ4v) is 5.32. The van der Waals surface area contributed by atoms with Gasteiger partial charge in [-0.05, 0) is 37.8 Å². The molecule has 1 aromatic carbocycles. The second-order valence-corrected chi connectivity index (χ2v) is 9.99. The summed E-state index contributed by atoms with van der Waals surface area (Å²) in [7, 11) is 0. The van der Waals surface area contributed by atoms with Gasteiger partial charge in [-0.3, -0.25) is 0 Å². The average molecular weight is 477 g/mol. The van der Waals surface area contributed by atoms with Crippen LogP contribution in [0.5, 0.6) is 0 Å². The zero-order valence-corrected chi connectivity index (χ0v) is 20.7. The van der Waals surface area contributed by atoms with Crippen molar-refractivity contribution >= 4 is 27.9 Å². The summed E-state index contributed by atoms with van der Waals surface area (Å²) in [6, 6.07) is 8.93. The molecular formula is C27H36N6O2. The lowest BCUT2D eigenvalue weighted by Gasteiger charge is -2.40. The van der Waals surface area contributed by atoms with Crippen LogP contribution in [0, 0.1) is 5.41 Å². The Balaban J connectivity index is 1.49. The van der Waals surface area contributed by atoms with Crippen molar-refractivity contribution < 1.29 is 10.2 Å². The van der Waals surface area contributed by atoms with E-state index in [1.165, 1.54) is 19.3 Å². The van der Waals surface area contributed by atoms with Crippen LogP contribution in [0.15, 0.2) is 36.9 Å². The Morgan fingerprint density at radius 1 is 1.09 bits per heavy atom. The van der Waals surface area contributed by atoms with Gasteiger partial charge in [-0.1, -0.05) is 32.8 Å². The molecule has 1 atom stereocenters. The quantitative estimate of drug-likeness (QED) is 0.324. The number of nitrogens with one attached hydrogen (secondary N) is 1. The number of anilines is 1. The van der Waals surface area contributed by atoms with Gasteiger partial charge in [0.2, 0.25) is 0 Å². The average Bonchev–Trinajstić information content (AvgIpc) is 3.55. The molecule has 0 spiro atoms. The van der Waals surface area contributed by atoms with Gasteiger partial charge in [0.05, 0.1) is 42.4 Å². The van der Waals surface area contributed by atoms with Crippen LogP contribution in [-0.2, 0) is 0 Å². The molecule has 1 unspecified atom stereocenters. The molecule has 5 rings (SSSR count). The van der Waals surface area contributed by atoms with E-state index in [0.717, 1.165) is 71.5 Å². The van der Waals surface area contributed by atoms with E-state index in [2.05, 4.69) is 51.5 Å². The van der Waals surface area contributed by atoms with Crippen LogP contribution in [0.2, 0.25) is 0 Å². The molecular weight excluding hydrogens is 440 g/mol. The largest absolute Gasteiger partial charge is 0.396 e. The molecule has 1 saturated heterocycles. The summed E-state index contributed by atoms with van der Waals surface area (Å²) in [6.45, 7) is 6.00. The van der Waals surface area contributed by atoms with Gasteiger partial charge in [-0.15, -0.1) is 0 Å². The molecule has 8 heteroatoms. The number of benzene rings is 1. The zero-order chi connectivity index (χ0) is 24.4. The van der Waals surface area contributed by atoms with Crippen molar-refractivity contribution in [3.63, 3.8) is 0 Å². The van der Waals surface area contributed by atoms with Gasteiger partial charge >= 0.3 is 0 Å². The zero-order valence-electron chi connectivity index (χ0n) is 20.7. The Labute approximate surface area is 206 Å². The first-order chi connectivity index (χ1) is 17.1. The predicted octanol–water partition coefficient (Wildman–Crippen LogP) is 4.69. The molecule has 186 valence electrons. The molecule has 0 amide bonds.